The van der Waals surface area contributed by atoms with Crippen LogP contribution in [0.15, 0.2) is 18.2 Å². The van der Waals surface area contributed by atoms with Gasteiger partial charge >= 0.3 is 0 Å². The minimum atomic E-state index is 0.152. The number of piperidine rings is 1. The van der Waals surface area contributed by atoms with Gasteiger partial charge in [0.2, 0.25) is 0 Å². The van der Waals surface area contributed by atoms with Crippen LogP contribution in [-0.2, 0) is 0 Å². The van der Waals surface area contributed by atoms with Crippen LogP contribution in [0.4, 0.5) is 0 Å². The Morgan fingerprint density at radius 1 is 1.20 bits per heavy atom. The van der Waals surface area contributed by atoms with Crippen LogP contribution >= 0.6 is 0 Å². The van der Waals surface area contributed by atoms with Gasteiger partial charge in [0, 0.05) is 18.2 Å². The molecule has 0 aromatic heterocycles. The molecule has 1 saturated carbocycles. The summed E-state index contributed by atoms with van der Waals surface area (Å²) in [5.41, 5.74) is 1.61. The smallest absolute Gasteiger partial charge is 0.254 e. The molecule has 3 nitrogen and oxygen atoms in total. The van der Waals surface area contributed by atoms with Crippen molar-refractivity contribution >= 4 is 5.91 Å². The van der Waals surface area contributed by atoms with Crippen LogP contribution < -0.4 is 0 Å². The van der Waals surface area contributed by atoms with Gasteiger partial charge in [0.15, 0.2) is 0 Å². The Morgan fingerprint density at radius 2 is 1.95 bits per heavy atom. The fourth-order valence-corrected chi connectivity index (χ4v) is 3.92. The van der Waals surface area contributed by atoms with Crippen LogP contribution in [-0.4, -0.2) is 28.5 Å². The van der Waals surface area contributed by atoms with Crippen LogP contribution in [0.2, 0.25) is 0 Å². The maximum absolute atomic E-state index is 12.8. The molecule has 1 aromatic carbocycles. The predicted molar refractivity (Wildman–Crippen MR) is 78.9 cm³/mol. The standard InChI is InChI=1S/C17H23NO2/c1-12-11-14(19)8-9-15(12)17(20)18-10-4-6-13-5-2-3-7-16(13)18/h8-9,11,13,16,19H,2-7,10H2,1H3/t13-,16-/m1/s1. The molecular weight excluding hydrogens is 250 g/mol. The summed E-state index contributed by atoms with van der Waals surface area (Å²) in [6.45, 7) is 2.79. The summed E-state index contributed by atoms with van der Waals surface area (Å²) in [6, 6.07) is 5.50. The van der Waals surface area contributed by atoms with Gasteiger partial charge in [-0.3, -0.25) is 4.79 Å². The van der Waals surface area contributed by atoms with Gasteiger partial charge in [-0.15, -0.1) is 0 Å². The SMILES string of the molecule is Cc1cc(O)ccc1C(=O)N1CCC[C@H]2CCCC[C@H]21. The molecule has 2 atom stereocenters. The fraction of sp³-hybridized carbons (Fsp3) is 0.588. The number of likely N-dealkylation sites (tertiary alicyclic amines) is 1. The van der Waals surface area contributed by atoms with Gasteiger partial charge in [0.05, 0.1) is 0 Å². The number of phenols is 1. The van der Waals surface area contributed by atoms with Crippen molar-refractivity contribution in [2.45, 2.75) is 51.5 Å². The number of rotatable bonds is 1. The number of phenolic OH excluding ortho intramolecular Hbond substituents is 1. The van der Waals surface area contributed by atoms with Crippen molar-refractivity contribution in [3.8, 4) is 5.75 Å². The lowest BCUT2D eigenvalue weighted by atomic mass is 9.78. The number of amides is 1. The lowest BCUT2D eigenvalue weighted by Gasteiger charge is -2.44. The summed E-state index contributed by atoms with van der Waals surface area (Å²) in [5.74, 6) is 1.09. The Bertz CT molecular complexity index is 510. The third kappa shape index (κ3) is 2.41. The summed E-state index contributed by atoms with van der Waals surface area (Å²) in [7, 11) is 0. The van der Waals surface area contributed by atoms with Gasteiger partial charge in [0.25, 0.3) is 5.91 Å². The van der Waals surface area contributed by atoms with E-state index in [1.165, 1.54) is 25.7 Å². The Hall–Kier alpha value is -1.51. The zero-order valence-corrected chi connectivity index (χ0v) is 12.1. The van der Waals surface area contributed by atoms with Crippen LogP contribution in [0.5, 0.6) is 5.75 Å². The first-order valence-corrected chi connectivity index (χ1v) is 7.77. The summed E-state index contributed by atoms with van der Waals surface area (Å²) >= 11 is 0. The normalized spacial score (nSPS) is 26.1. The van der Waals surface area contributed by atoms with Gasteiger partial charge < -0.3 is 10.0 Å². The minimum absolute atomic E-state index is 0.152. The average Bonchev–Trinajstić information content (AvgIpc) is 2.46. The highest BCUT2D eigenvalue weighted by atomic mass is 16.3. The van der Waals surface area contributed by atoms with Crippen molar-refractivity contribution < 1.29 is 9.90 Å². The largest absolute Gasteiger partial charge is 0.508 e. The van der Waals surface area contributed by atoms with Crippen LogP contribution in [0.1, 0.15) is 54.4 Å². The molecule has 2 fully saturated rings. The molecule has 0 radical (unpaired) electrons. The summed E-state index contributed by atoms with van der Waals surface area (Å²) in [5, 5.41) is 9.49. The van der Waals surface area contributed by atoms with E-state index in [1.807, 2.05) is 6.92 Å². The molecule has 20 heavy (non-hydrogen) atoms. The molecular formula is C17H23NO2. The molecule has 2 aliphatic rings. The van der Waals surface area contributed by atoms with Crippen molar-refractivity contribution in [3.05, 3.63) is 29.3 Å². The van der Waals surface area contributed by atoms with Gasteiger partial charge in [-0.1, -0.05) is 12.8 Å². The molecule has 1 aromatic rings. The van der Waals surface area contributed by atoms with Crippen LogP contribution in [0.25, 0.3) is 0 Å². The average molecular weight is 273 g/mol. The minimum Gasteiger partial charge on any atom is -0.508 e. The topological polar surface area (TPSA) is 40.5 Å². The number of nitrogens with zero attached hydrogens (tertiary/aromatic N) is 1. The Morgan fingerprint density at radius 3 is 2.75 bits per heavy atom. The van der Waals surface area contributed by atoms with E-state index in [4.69, 9.17) is 0 Å². The van der Waals surface area contributed by atoms with E-state index in [-0.39, 0.29) is 11.7 Å². The summed E-state index contributed by atoms with van der Waals surface area (Å²) < 4.78 is 0. The number of aryl methyl sites for hydroxylation is 1. The van der Waals surface area contributed by atoms with E-state index in [1.54, 1.807) is 18.2 Å². The number of hydrogen-bond acceptors (Lipinski definition) is 2. The molecule has 3 heteroatoms. The Labute approximate surface area is 120 Å². The molecule has 0 bridgehead atoms. The number of carbonyl (C=O) groups excluding carboxylic acids is 1. The zero-order valence-electron chi connectivity index (χ0n) is 12.1. The molecule has 3 rings (SSSR count). The second-order valence-electron chi connectivity index (χ2n) is 6.25. The molecule has 108 valence electrons. The van der Waals surface area contributed by atoms with Gasteiger partial charge in [-0.25, -0.2) is 0 Å². The van der Waals surface area contributed by atoms with Crippen LogP contribution in [0.3, 0.4) is 0 Å². The van der Waals surface area contributed by atoms with E-state index >= 15 is 0 Å². The van der Waals surface area contributed by atoms with E-state index in [9.17, 15) is 9.90 Å². The molecule has 0 spiro atoms. The first-order valence-electron chi connectivity index (χ1n) is 7.77. The first kappa shape index (κ1) is 13.5. The third-order valence-electron chi connectivity index (χ3n) is 4.94. The van der Waals surface area contributed by atoms with E-state index < -0.39 is 0 Å². The van der Waals surface area contributed by atoms with Gasteiger partial charge in [-0.2, -0.15) is 0 Å². The second kappa shape index (κ2) is 5.47. The predicted octanol–water partition coefficient (Wildman–Crippen LogP) is 3.50. The lowest BCUT2D eigenvalue weighted by molar-refractivity contribution is 0.0390. The molecule has 1 aliphatic heterocycles. The van der Waals surface area contributed by atoms with Gasteiger partial charge in [-0.05, 0) is 62.3 Å². The Balaban J connectivity index is 1.85. The molecule has 1 heterocycles. The van der Waals surface area contributed by atoms with Crippen molar-refractivity contribution in [1.82, 2.24) is 4.90 Å². The molecule has 1 N–H and O–H groups in total. The Kier molecular flexibility index (Phi) is 3.68. The van der Waals surface area contributed by atoms with Gasteiger partial charge in [0.1, 0.15) is 5.75 Å². The number of aromatic hydroxyl groups is 1. The van der Waals surface area contributed by atoms with E-state index in [0.717, 1.165) is 30.5 Å². The first-order chi connectivity index (χ1) is 9.66. The van der Waals surface area contributed by atoms with Crippen molar-refractivity contribution in [1.29, 1.82) is 0 Å². The second-order valence-corrected chi connectivity index (χ2v) is 6.25. The third-order valence-corrected chi connectivity index (χ3v) is 4.94. The van der Waals surface area contributed by atoms with Crippen LogP contribution in [0, 0.1) is 12.8 Å². The van der Waals surface area contributed by atoms with Crippen molar-refractivity contribution in [3.63, 3.8) is 0 Å². The fourth-order valence-electron chi connectivity index (χ4n) is 3.92. The van der Waals surface area contributed by atoms with Crippen molar-refractivity contribution in [2.75, 3.05) is 6.54 Å². The number of benzene rings is 1. The van der Waals surface area contributed by atoms with Crippen molar-refractivity contribution in [2.24, 2.45) is 5.92 Å². The molecule has 1 saturated heterocycles. The number of fused-ring (bicyclic) bond motifs is 1. The highest BCUT2D eigenvalue weighted by molar-refractivity contribution is 5.96. The molecule has 0 unspecified atom stereocenters. The molecule has 1 aliphatic carbocycles. The highest BCUT2D eigenvalue weighted by Gasteiger charge is 2.36. The van der Waals surface area contributed by atoms with E-state index in [0.29, 0.717) is 12.0 Å². The maximum Gasteiger partial charge on any atom is 0.254 e. The maximum atomic E-state index is 12.8. The molecule has 1 amide bonds. The monoisotopic (exact) mass is 273 g/mol. The number of carbonyl (C=O) groups is 1. The highest BCUT2D eigenvalue weighted by Crippen LogP contribution is 2.36. The van der Waals surface area contributed by atoms with E-state index in [2.05, 4.69) is 4.90 Å². The quantitative estimate of drug-likeness (QED) is 0.850. The summed E-state index contributed by atoms with van der Waals surface area (Å²) in [6.07, 6.45) is 7.42. The lowest BCUT2D eigenvalue weighted by Crippen LogP contribution is -2.49. The number of hydrogen-bond donors (Lipinski definition) is 1. The summed E-state index contributed by atoms with van der Waals surface area (Å²) in [4.78, 5) is 14.9. The zero-order chi connectivity index (χ0) is 14.1.